The second kappa shape index (κ2) is 7.32. The van der Waals surface area contributed by atoms with Crippen LogP contribution in [0.1, 0.15) is 55.5 Å². The van der Waals surface area contributed by atoms with Gasteiger partial charge in [0.1, 0.15) is 0 Å². The zero-order valence-electron chi connectivity index (χ0n) is 12.6. The molecule has 0 radical (unpaired) electrons. The molecule has 110 valence electrons. The van der Waals surface area contributed by atoms with Crippen molar-refractivity contribution in [2.75, 3.05) is 18.5 Å². The highest BCUT2D eigenvalue weighted by Crippen LogP contribution is 2.23. The van der Waals surface area contributed by atoms with Crippen molar-refractivity contribution in [1.82, 2.24) is 0 Å². The first-order valence-electron chi connectivity index (χ1n) is 7.78. The molecule has 0 bridgehead atoms. The van der Waals surface area contributed by atoms with Crippen LogP contribution in [0.25, 0.3) is 0 Å². The van der Waals surface area contributed by atoms with Crippen molar-refractivity contribution < 1.29 is 9.53 Å². The van der Waals surface area contributed by atoms with E-state index in [1.807, 2.05) is 18.2 Å². The number of rotatable bonds is 7. The molecule has 1 heterocycles. The topological polar surface area (TPSA) is 38.3 Å². The van der Waals surface area contributed by atoms with Crippen molar-refractivity contribution >= 4 is 11.7 Å². The number of anilines is 1. The molecule has 20 heavy (non-hydrogen) atoms. The molecule has 2 rings (SSSR count). The van der Waals surface area contributed by atoms with E-state index in [0.717, 1.165) is 31.5 Å². The van der Waals surface area contributed by atoms with Gasteiger partial charge in [-0.1, -0.05) is 39.2 Å². The molecular weight excluding hydrogens is 250 g/mol. The Morgan fingerprint density at radius 2 is 2.25 bits per heavy atom. The molecule has 1 N–H and O–H groups in total. The molecule has 1 aromatic carbocycles. The summed E-state index contributed by atoms with van der Waals surface area (Å²) in [5, 5.41) is 3.29. The van der Waals surface area contributed by atoms with Crippen LogP contribution in [0.3, 0.4) is 0 Å². The number of benzene rings is 1. The van der Waals surface area contributed by atoms with E-state index in [2.05, 4.69) is 19.2 Å². The molecule has 1 aliphatic rings. The van der Waals surface area contributed by atoms with Gasteiger partial charge < -0.3 is 10.1 Å². The Labute approximate surface area is 121 Å². The molecule has 0 aliphatic carbocycles. The summed E-state index contributed by atoms with van der Waals surface area (Å²) in [5.74, 6) is 0.294. The maximum absolute atomic E-state index is 12.1. The van der Waals surface area contributed by atoms with Crippen LogP contribution in [0.4, 0.5) is 5.69 Å². The predicted octanol–water partition coefficient (Wildman–Crippen LogP) is 4.03. The van der Waals surface area contributed by atoms with E-state index in [1.165, 1.54) is 18.4 Å². The fourth-order valence-electron chi connectivity index (χ4n) is 2.59. The molecule has 3 nitrogen and oxygen atoms in total. The minimum atomic E-state index is -0.198. The molecule has 0 spiro atoms. The van der Waals surface area contributed by atoms with Crippen LogP contribution in [0.15, 0.2) is 18.2 Å². The highest BCUT2D eigenvalue weighted by Gasteiger charge is 2.15. The number of hydrogen-bond acceptors (Lipinski definition) is 3. The largest absolute Gasteiger partial charge is 0.462 e. The summed E-state index contributed by atoms with van der Waals surface area (Å²) in [5.41, 5.74) is 3.02. The molecule has 3 heteroatoms. The highest BCUT2D eigenvalue weighted by molar-refractivity contribution is 5.91. The van der Waals surface area contributed by atoms with E-state index in [-0.39, 0.29) is 5.97 Å². The van der Waals surface area contributed by atoms with Crippen LogP contribution in [0.5, 0.6) is 0 Å². The molecule has 1 unspecified atom stereocenters. The number of ether oxygens (including phenoxy) is 1. The number of carbonyl (C=O) groups excluding carboxylic acids is 1. The van der Waals surface area contributed by atoms with Crippen molar-refractivity contribution in [2.24, 2.45) is 5.92 Å². The fourth-order valence-corrected chi connectivity index (χ4v) is 2.59. The van der Waals surface area contributed by atoms with Gasteiger partial charge in [0.05, 0.1) is 12.2 Å². The van der Waals surface area contributed by atoms with E-state index in [0.29, 0.717) is 18.1 Å². The Bertz CT molecular complexity index is 456. The van der Waals surface area contributed by atoms with Gasteiger partial charge in [0.2, 0.25) is 0 Å². The van der Waals surface area contributed by atoms with E-state index in [1.54, 1.807) is 0 Å². The molecule has 1 aromatic rings. The average Bonchev–Trinajstić information content (AvgIpc) is 2.94. The molecule has 0 aromatic heterocycles. The lowest BCUT2D eigenvalue weighted by atomic mass is 10.0. The number of esters is 1. The van der Waals surface area contributed by atoms with Gasteiger partial charge in [0.15, 0.2) is 0 Å². The van der Waals surface area contributed by atoms with Crippen molar-refractivity contribution in [3.8, 4) is 0 Å². The minimum Gasteiger partial charge on any atom is -0.462 e. The Balaban J connectivity index is 1.88. The zero-order valence-corrected chi connectivity index (χ0v) is 12.6. The maximum Gasteiger partial charge on any atom is 0.338 e. The second-order valence-electron chi connectivity index (χ2n) is 5.56. The van der Waals surface area contributed by atoms with Crippen molar-refractivity contribution in [1.29, 1.82) is 0 Å². The van der Waals surface area contributed by atoms with Crippen molar-refractivity contribution in [2.45, 2.75) is 46.0 Å². The molecule has 0 fully saturated rings. The van der Waals surface area contributed by atoms with E-state index in [9.17, 15) is 4.79 Å². The van der Waals surface area contributed by atoms with Crippen molar-refractivity contribution in [3.63, 3.8) is 0 Å². The molecule has 0 saturated carbocycles. The van der Waals surface area contributed by atoms with Crippen LogP contribution in [0, 0.1) is 5.92 Å². The third-order valence-electron chi connectivity index (χ3n) is 4.05. The van der Waals surface area contributed by atoms with Crippen LogP contribution in [0.2, 0.25) is 0 Å². The summed E-state index contributed by atoms with van der Waals surface area (Å²) in [6.07, 6.45) is 5.66. The first-order valence-corrected chi connectivity index (χ1v) is 7.78. The molecule has 0 saturated heterocycles. The molecular formula is C17H25NO2. The Hall–Kier alpha value is -1.51. The lowest BCUT2D eigenvalue weighted by Crippen LogP contribution is -2.14. The smallest absolute Gasteiger partial charge is 0.338 e. The standard InChI is InChI=1S/C17H25NO2/c1-3-5-6-13(4-2)12-20-17(19)15-8-7-14-9-10-18-16(14)11-15/h7-8,11,13,18H,3-6,9-10,12H2,1-2H3. The Kier molecular flexibility index (Phi) is 5.45. The third-order valence-corrected chi connectivity index (χ3v) is 4.05. The zero-order chi connectivity index (χ0) is 14.4. The SMILES string of the molecule is CCCCC(CC)COC(=O)c1ccc2c(c1)NCC2. The monoisotopic (exact) mass is 275 g/mol. The fraction of sp³-hybridized carbons (Fsp3) is 0.588. The van der Waals surface area contributed by atoms with E-state index in [4.69, 9.17) is 4.74 Å². The molecule has 0 amide bonds. The third kappa shape index (κ3) is 3.75. The quantitative estimate of drug-likeness (QED) is 0.764. The van der Waals surface area contributed by atoms with E-state index < -0.39 is 0 Å². The second-order valence-corrected chi connectivity index (χ2v) is 5.56. The van der Waals surface area contributed by atoms with Gasteiger partial charge in [0, 0.05) is 12.2 Å². The van der Waals surface area contributed by atoms with Gasteiger partial charge in [-0.25, -0.2) is 4.79 Å². The van der Waals surface area contributed by atoms with Gasteiger partial charge in [-0.15, -0.1) is 0 Å². The first kappa shape index (κ1) is 14.9. The summed E-state index contributed by atoms with van der Waals surface area (Å²) in [7, 11) is 0. The normalized spacial score (nSPS) is 14.5. The number of fused-ring (bicyclic) bond motifs is 1. The van der Waals surface area contributed by atoms with E-state index >= 15 is 0 Å². The van der Waals surface area contributed by atoms with Crippen LogP contribution < -0.4 is 5.32 Å². The van der Waals surface area contributed by atoms with Crippen LogP contribution in [-0.4, -0.2) is 19.1 Å². The first-order chi connectivity index (χ1) is 9.74. The minimum absolute atomic E-state index is 0.198. The van der Waals surface area contributed by atoms with Crippen LogP contribution >= 0.6 is 0 Å². The van der Waals surface area contributed by atoms with Gasteiger partial charge in [-0.3, -0.25) is 0 Å². The summed E-state index contributed by atoms with van der Waals surface area (Å²) >= 11 is 0. The van der Waals surface area contributed by atoms with Crippen molar-refractivity contribution in [3.05, 3.63) is 29.3 Å². The maximum atomic E-state index is 12.1. The Morgan fingerprint density at radius 1 is 1.40 bits per heavy atom. The number of unbranched alkanes of at least 4 members (excludes halogenated alkanes) is 1. The average molecular weight is 275 g/mol. The van der Waals surface area contributed by atoms with Gasteiger partial charge >= 0.3 is 5.97 Å². The molecule has 1 aliphatic heterocycles. The van der Waals surface area contributed by atoms with Gasteiger partial charge in [-0.2, -0.15) is 0 Å². The molecule has 1 atom stereocenters. The summed E-state index contributed by atoms with van der Waals surface area (Å²) in [6, 6.07) is 5.82. The summed E-state index contributed by atoms with van der Waals surface area (Å²) < 4.78 is 5.47. The number of nitrogens with one attached hydrogen (secondary N) is 1. The number of hydrogen-bond donors (Lipinski definition) is 1. The number of carbonyl (C=O) groups is 1. The lowest BCUT2D eigenvalue weighted by molar-refractivity contribution is 0.0428. The van der Waals surface area contributed by atoms with Crippen LogP contribution in [-0.2, 0) is 11.2 Å². The Morgan fingerprint density at radius 3 is 3.00 bits per heavy atom. The predicted molar refractivity (Wildman–Crippen MR) is 82.2 cm³/mol. The van der Waals surface area contributed by atoms with Gasteiger partial charge in [0.25, 0.3) is 0 Å². The summed E-state index contributed by atoms with van der Waals surface area (Å²) in [4.78, 5) is 12.1. The summed E-state index contributed by atoms with van der Waals surface area (Å²) in [6.45, 7) is 5.85. The highest BCUT2D eigenvalue weighted by atomic mass is 16.5. The lowest BCUT2D eigenvalue weighted by Gasteiger charge is -2.14. The van der Waals surface area contributed by atoms with Gasteiger partial charge in [-0.05, 0) is 36.5 Å².